The van der Waals surface area contributed by atoms with Crippen LogP contribution in [0.2, 0.25) is 0 Å². The number of aliphatic carboxylic acids is 1. The monoisotopic (exact) mass is 240 g/mol. The minimum Gasteiger partial charge on any atom is -0.478 e. The summed E-state index contributed by atoms with van der Waals surface area (Å²) >= 11 is 4.76. The Balaban J connectivity index is 3.08. The molecule has 1 saturated heterocycles. The first-order valence-corrected chi connectivity index (χ1v) is 4.61. The van der Waals surface area contributed by atoms with Crippen molar-refractivity contribution < 1.29 is 19.5 Å². The molecule has 1 heterocycles. The zero-order valence-corrected chi connectivity index (χ0v) is 8.91. The molecular weight excluding hydrogens is 232 g/mol. The summed E-state index contributed by atoms with van der Waals surface area (Å²) in [7, 11) is 0. The second-order valence-electron chi connectivity index (χ2n) is 2.86. The Morgan fingerprint density at radius 1 is 1.56 bits per heavy atom. The summed E-state index contributed by atoms with van der Waals surface area (Å²) in [5, 5.41) is 10.7. The van der Waals surface area contributed by atoms with Crippen LogP contribution in [-0.4, -0.2) is 39.4 Å². The first-order chi connectivity index (χ1) is 7.47. The van der Waals surface area contributed by atoms with Crippen LogP contribution in [0.3, 0.4) is 0 Å². The van der Waals surface area contributed by atoms with Crippen molar-refractivity contribution in [3.63, 3.8) is 0 Å². The molecule has 2 amide bonds. The van der Waals surface area contributed by atoms with E-state index in [2.05, 4.69) is 11.9 Å². The van der Waals surface area contributed by atoms with Gasteiger partial charge in [0.1, 0.15) is 5.57 Å². The quantitative estimate of drug-likeness (QED) is 0.298. The predicted molar refractivity (Wildman–Crippen MR) is 58.4 cm³/mol. The first kappa shape index (κ1) is 12.1. The summed E-state index contributed by atoms with van der Waals surface area (Å²) in [4.78, 5) is 34.4. The van der Waals surface area contributed by atoms with Crippen molar-refractivity contribution in [2.75, 3.05) is 6.54 Å². The normalized spacial score (nSPS) is 18.6. The number of carboxylic acids is 1. The number of carbonyl (C=O) groups excluding carboxylic acids is 2. The fourth-order valence-corrected chi connectivity index (χ4v) is 1.36. The molecule has 1 rings (SSSR count). The maximum absolute atomic E-state index is 11.7. The Morgan fingerprint density at radius 3 is 2.69 bits per heavy atom. The van der Waals surface area contributed by atoms with Gasteiger partial charge in [0.2, 0.25) is 0 Å². The summed E-state index contributed by atoms with van der Waals surface area (Å²) in [6.45, 7) is 3.53. The van der Waals surface area contributed by atoms with Crippen LogP contribution in [0.15, 0.2) is 24.3 Å². The van der Waals surface area contributed by atoms with Gasteiger partial charge in [0.05, 0.1) is 0 Å². The zero-order chi connectivity index (χ0) is 12.3. The third-order valence-corrected chi connectivity index (χ3v) is 2.09. The number of rotatable bonds is 3. The predicted octanol–water partition coefficient (Wildman–Crippen LogP) is -0.573. The lowest BCUT2D eigenvalue weighted by molar-refractivity contribution is -0.134. The number of nitrogens with one attached hydrogen (secondary N) is 1. The maximum atomic E-state index is 11.7. The number of nitrogens with zero attached hydrogens (tertiary/aromatic N) is 1. The van der Waals surface area contributed by atoms with E-state index in [1.165, 1.54) is 6.08 Å². The highest BCUT2D eigenvalue weighted by molar-refractivity contribution is 7.80. The zero-order valence-electron chi connectivity index (χ0n) is 8.10. The van der Waals surface area contributed by atoms with Crippen LogP contribution >= 0.6 is 12.2 Å². The van der Waals surface area contributed by atoms with Crippen LogP contribution in [0.5, 0.6) is 0 Å². The summed E-state index contributed by atoms with van der Waals surface area (Å²) in [5.74, 6) is -2.92. The van der Waals surface area contributed by atoms with Crippen LogP contribution in [0, 0.1) is 0 Å². The lowest BCUT2D eigenvalue weighted by Crippen LogP contribution is -2.54. The second-order valence-corrected chi connectivity index (χ2v) is 3.25. The summed E-state index contributed by atoms with van der Waals surface area (Å²) in [6, 6.07) is 0. The van der Waals surface area contributed by atoms with Gasteiger partial charge in [-0.25, -0.2) is 4.79 Å². The Morgan fingerprint density at radius 2 is 2.19 bits per heavy atom. The van der Waals surface area contributed by atoms with Gasteiger partial charge in [0.25, 0.3) is 11.8 Å². The third kappa shape index (κ3) is 2.31. The minimum atomic E-state index is -1.37. The minimum absolute atomic E-state index is 0.0579. The van der Waals surface area contributed by atoms with E-state index in [1.54, 1.807) is 0 Å². The highest BCUT2D eigenvalue weighted by atomic mass is 32.1. The van der Waals surface area contributed by atoms with Crippen molar-refractivity contribution in [3.8, 4) is 0 Å². The molecule has 2 N–H and O–H groups in total. The summed E-state index contributed by atoms with van der Waals surface area (Å²) in [5.41, 5.74) is -0.456. The third-order valence-electron chi connectivity index (χ3n) is 1.77. The van der Waals surface area contributed by atoms with E-state index in [-0.39, 0.29) is 11.7 Å². The average Bonchev–Trinajstić information content (AvgIpc) is 2.19. The molecule has 0 spiro atoms. The van der Waals surface area contributed by atoms with Crippen molar-refractivity contribution in [2.24, 2.45) is 0 Å². The molecule has 1 fully saturated rings. The van der Waals surface area contributed by atoms with Crippen LogP contribution in [0.4, 0.5) is 0 Å². The highest BCUT2D eigenvalue weighted by Gasteiger charge is 2.33. The van der Waals surface area contributed by atoms with Crippen molar-refractivity contribution in [1.82, 2.24) is 10.2 Å². The van der Waals surface area contributed by atoms with Crippen LogP contribution in [0.1, 0.15) is 0 Å². The molecule has 6 nitrogen and oxygen atoms in total. The van der Waals surface area contributed by atoms with Gasteiger partial charge in [-0.05, 0) is 12.2 Å². The molecule has 0 saturated carbocycles. The fraction of sp³-hybridized carbons (Fsp3) is 0.111. The van der Waals surface area contributed by atoms with E-state index < -0.39 is 23.4 Å². The molecular formula is C9H8N2O4S. The molecule has 1 aliphatic heterocycles. The Labute approximate surface area is 96.2 Å². The van der Waals surface area contributed by atoms with E-state index in [0.717, 1.165) is 4.90 Å². The molecule has 0 atom stereocenters. The molecule has 0 aliphatic carbocycles. The number of hydrogen-bond acceptors (Lipinski definition) is 4. The first-order valence-electron chi connectivity index (χ1n) is 4.20. The van der Waals surface area contributed by atoms with Gasteiger partial charge in [0, 0.05) is 12.6 Å². The summed E-state index contributed by atoms with van der Waals surface area (Å²) < 4.78 is 0. The topological polar surface area (TPSA) is 86.7 Å². The molecule has 0 aromatic rings. The van der Waals surface area contributed by atoms with E-state index in [9.17, 15) is 14.4 Å². The Bertz CT molecular complexity index is 427. The van der Waals surface area contributed by atoms with Gasteiger partial charge < -0.3 is 5.11 Å². The number of hydrogen-bond donors (Lipinski definition) is 2. The van der Waals surface area contributed by atoms with Crippen LogP contribution in [0.25, 0.3) is 0 Å². The van der Waals surface area contributed by atoms with Crippen molar-refractivity contribution in [3.05, 3.63) is 24.3 Å². The average molecular weight is 240 g/mol. The number of carbonyl (C=O) groups is 3. The Hall–Kier alpha value is -2.02. The van der Waals surface area contributed by atoms with Gasteiger partial charge in [-0.1, -0.05) is 6.08 Å². The van der Waals surface area contributed by atoms with Gasteiger partial charge in [-0.15, -0.1) is 6.58 Å². The SMILES string of the molecule is C=CCN1C(=O)C(=CC(=O)O)C(=O)NC1=S. The molecule has 16 heavy (non-hydrogen) atoms. The highest BCUT2D eigenvalue weighted by Crippen LogP contribution is 2.09. The van der Waals surface area contributed by atoms with E-state index >= 15 is 0 Å². The van der Waals surface area contributed by atoms with Gasteiger partial charge >= 0.3 is 5.97 Å². The molecule has 0 bridgehead atoms. The fourth-order valence-electron chi connectivity index (χ4n) is 1.11. The van der Waals surface area contributed by atoms with Crippen LogP contribution < -0.4 is 5.32 Å². The van der Waals surface area contributed by atoms with Crippen molar-refractivity contribution in [2.45, 2.75) is 0 Å². The number of amides is 2. The molecule has 0 aromatic carbocycles. The van der Waals surface area contributed by atoms with E-state index in [0.29, 0.717) is 6.08 Å². The molecule has 1 aliphatic rings. The van der Waals surface area contributed by atoms with Crippen molar-refractivity contribution in [1.29, 1.82) is 0 Å². The van der Waals surface area contributed by atoms with Gasteiger partial charge in [-0.2, -0.15) is 0 Å². The van der Waals surface area contributed by atoms with E-state index in [4.69, 9.17) is 17.3 Å². The molecule has 0 aromatic heterocycles. The van der Waals surface area contributed by atoms with Gasteiger partial charge in [-0.3, -0.25) is 19.8 Å². The van der Waals surface area contributed by atoms with E-state index in [1.807, 2.05) is 0 Å². The van der Waals surface area contributed by atoms with Crippen molar-refractivity contribution >= 4 is 35.1 Å². The smallest absolute Gasteiger partial charge is 0.329 e. The maximum Gasteiger partial charge on any atom is 0.329 e. The lowest BCUT2D eigenvalue weighted by atomic mass is 10.1. The summed E-state index contributed by atoms with van der Waals surface area (Å²) in [6.07, 6.45) is 1.97. The number of carboxylic acid groups (broad SMARTS) is 1. The molecule has 84 valence electrons. The second kappa shape index (κ2) is 4.67. The van der Waals surface area contributed by atoms with Crippen LogP contribution in [-0.2, 0) is 14.4 Å². The molecule has 0 radical (unpaired) electrons. The molecule has 7 heteroatoms. The van der Waals surface area contributed by atoms with Gasteiger partial charge in [0.15, 0.2) is 5.11 Å². The lowest BCUT2D eigenvalue weighted by Gasteiger charge is -2.27. The Kier molecular flexibility index (Phi) is 3.51. The number of thiocarbonyl (C=S) groups is 1. The molecule has 0 unspecified atom stereocenters. The standard InChI is InChI=1S/C9H8N2O4S/c1-2-3-11-8(15)5(4-6(12)13)7(14)10-9(11)16/h2,4H,1,3H2,(H,12,13)(H,10,14,16). The largest absolute Gasteiger partial charge is 0.478 e.